The number of carbonyl (C=O) groups excluding carboxylic acids is 1. The lowest BCUT2D eigenvalue weighted by Gasteiger charge is -2.12. The Balaban J connectivity index is 1.60. The lowest BCUT2D eigenvalue weighted by molar-refractivity contribution is 0.0955. The van der Waals surface area contributed by atoms with Crippen LogP contribution in [0.25, 0.3) is 0 Å². The van der Waals surface area contributed by atoms with Gasteiger partial charge in [-0.25, -0.2) is 4.98 Å². The van der Waals surface area contributed by atoms with Gasteiger partial charge in [-0.3, -0.25) is 4.79 Å². The molecule has 0 spiro atoms. The Morgan fingerprint density at radius 2 is 2.17 bits per heavy atom. The number of para-hydroxylation sites is 1. The standard InChI is InChI=1S/C18H20N4OS/c1-13-7-9-24-17(13)11-21-16-5-3-2-4-15(16)18(23)20-8-6-14-10-19-12-22-14/h2-5,7,9-10,12,21H,6,8,11H2,1H3,(H,19,22)(H,20,23). The van der Waals surface area contributed by atoms with Crippen LogP contribution in [0.5, 0.6) is 0 Å². The number of aromatic amines is 1. The van der Waals surface area contributed by atoms with E-state index in [-0.39, 0.29) is 5.91 Å². The van der Waals surface area contributed by atoms with Gasteiger partial charge in [0.25, 0.3) is 5.91 Å². The number of amides is 1. The molecule has 0 radical (unpaired) electrons. The minimum atomic E-state index is -0.0690. The zero-order valence-electron chi connectivity index (χ0n) is 13.5. The van der Waals surface area contributed by atoms with Crippen molar-refractivity contribution in [1.82, 2.24) is 15.3 Å². The Morgan fingerprint density at radius 3 is 2.92 bits per heavy atom. The van der Waals surface area contributed by atoms with E-state index >= 15 is 0 Å². The number of benzene rings is 1. The maximum absolute atomic E-state index is 12.4. The molecule has 6 heteroatoms. The Kier molecular flexibility index (Phi) is 5.28. The summed E-state index contributed by atoms with van der Waals surface area (Å²) in [6, 6.07) is 9.70. The predicted molar refractivity (Wildman–Crippen MR) is 97.4 cm³/mol. The first-order valence-electron chi connectivity index (χ1n) is 7.85. The van der Waals surface area contributed by atoms with Crippen LogP contribution in [0.2, 0.25) is 0 Å². The molecule has 1 aromatic carbocycles. The van der Waals surface area contributed by atoms with E-state index < -0.39 is 0 Å². The number of imidazole rings is 1. The van der Waals surface area contributed by atoms with Gasteiger partial charge in [-0.15, -0.1) is 11.3 Å². The number of hydrogen-bond donors (Lipinski definition) is 3. The van der Waals surface area contributed by atoms with Crippen LogP contribution in [-0.4, -0.2) is 22.4 Å². The monoisotopic (exact) mass is 340 g/mol. The highest BCUT2D eigenvalue weighted by Gasteiger charge is 2.11. The van der Waals surface area contributed by atoms with Crippen molar-refractivity contribution in [2.24, 2.45) is 0 Å². The number of carbonyl (C=O) groups is 1. The first-order chi connectivity index (χ1) is 11.7. The number of aryl methyl sites for hydroxylation is 1. The van der Waals surface area contributed by atoms with Gasteiger partial charge in [0.2, 0.25) is 0 Å². The molecule has 0 saturated carbocycles. The molecule has 24 heavy (non-hydrogen) atoms. The smallest absolute Gasteiger partial charge is 0.253 e. The Labute approximate surface area is 145 Å². The zero-order chi connectivity index (χ0) is 16.8. The van der Waals surface area contributed by atoms with Crippen LogP contribution in [0.1, 0.15) is 26.5 Å². The maximum Gasteiger partial charge on any atom is 0.253 e. The third kappa shape index (κ3) is 4.02. The number of thiophene rings is 1. The summed E-state index contributed by atoms with van der Waals surface area (Å²) in [5.74, 6) is -0.0690. The maximum atomic E-state index is 12.4. The molecule has 0 aliphatic rings. The van der Waals surface area contributed by atoms with E-state index in [1.54, 1.807) is 23.9 Å². The van der Waals surface area contributed by atoms with E-state index in [1.807, 2.05) is 24.3 Å². The molecule has 5 nitrogen and oxygen atoms in total. The summed E-state index contributed by atoms with van der Waals surface area (Å²) in [7, 11) is 0. The fourth-order valence-electron chi connectivity index (χ4n) is 2.42. The molecule has 0 atom stereocenters. The second-order valence-corrected chi connectivity index (χ2v) is 6.51. The van der Waals surface area contributed by atoms with Crippen molar-refractivity contribution in [3.8, 4) is 0 Å². The van der Waals surface area contributed by atoms with E-state index in [2.05, 4.69) is 39.0 Å². The topological polar surface area (TPSA) is 69.8 Å². The number of anilines is 1. The van der Waals surface area contributed by atoms with E-state index in [0.29, 0.717) is 12.1 Å². The zero-order valence-corrected chi connectivity index (χ0v) is 14.3. The van der Waals surface area contributed by atoms with Gasteiger partial charge < -0.3 is 15.6 Å². The Morgan fingerprint density at radius 1 is 1.29 bits per heavy atom. The van der Waals surface area contributed by atoms with Crippen LogP contribution in [0, 0.1) is 6.92 Å². The van der Waals surface area contributed by atoms with Crippen LogP contribution < -0.4 is 10.6 Å². The molecular weight excluding hydrogens is 320 g/mol. The number of H-pyrrole nitrogens is 1. The third-order valence-electron chi connectivity index (χ3n) is 3.81. The molecule has 0 aliphatic heterocycles. The van der Waals surface area contributed by atoms with Crippen LogP contribution in [0.4, 0.5) is 5.69 Å². The first kappa shape index (κ1) is 16.3. The van der Waals surface area contributed by atoms with Crippen molar-refractivity contribution in [3.05, 3.63) is 69.9 Å². The van der Waals surface area contributed by atoms with Gasteiger partial charge in [-0.1, -0.05) is 12.1 Å². The molecule has 0 saturated heterocycles. The van der Waals surface area contributed by atoms with Gasteiger partial charge in [-0.05, 0) is 36.1 Å². The number of aromatic nitrogens is 2. The lowest BCUT2D eigenvalue weighted by atomic mass is 10.1. The normalized spacial score (nSPS) is 10.5. The van der Waals surface area contributed by atoms with Gasteiger partial charge >= 0.3 is 0 Å². The molecular formula is C18H20N4OS. The van der Waals surface area contributed by atoms with Crippen molar-refractivity contribution in [3.63, 3.8) is 0 Å². The van der Waals surface area contributed by atoms with Crippen molar-refractivity contribution in [2.45, 2.75) is 19.9 Å². The van der Waals surface area contributed by atoms with E-state index in [4.69, 9.17) is 0 Å². The average molecular weight is 340 g/mol. The highest BCUT2D eigenvalue weighted by Crippen LogP contribution is 2.20. The quantitative estimate of drug-likeness (QED) is 0.618. The average Bonchev–Trinajstić information content (AvgIpc) is 3.25. The van der Waals surface area contributed by atoms with E-state index in [1.165, 1.54) is 10.4 Å². The third-order valence-corrected chi connectivity index (χ3v) is 4.84. The SMILES string of the molecule is Cc1ccsc1CNc1ccccc1C(=O)NCCc1cnc[nH]1. The highest BCUT2D eigenvalue weighted by molar-refractivity contribution is 7.10. The van der Waals surface area contributed by atoms with Gasteiger partial charge in [-0.2, -0.15) is 0 Å². The first-order valence-corrected chi connectivity index (χ1v) is 8.73. The predicted octanol–water partition coefficient (Wildman–Crippen LogP) is 3.36. The van der Waals surface area contributed by atoms with Crippen LogP contribution in [0.3, 0.4) is 0 Å². The fraction of sp³-hybridized carbons (Fsp3) is 0.222. The molecule has 3 N–H and O–H groups in total. The fourth-order valence-corrected chi connectivity index (χ4v) is 3.27. The van der Waals surface area contributed by atoms with Gasteiger partial charge in [0.05, 0.1) is 11.9 Å². The molecule has 0 unspecified atom stereocenters. The number of rotatable bonds is 7. The number of hydrogen-bond acceptors (Lipinski definition) is 4. The molecule has 1 amide bonds. The lowest BCUT2D eigenvalue weighted by Crippen LogP contribution is -2.26. The summed E-state index contributed by atoms with van der Waals surface area (Å²) < 4.78 is 0. The molecule has 124 valence electrons. The second kappa shape index (κ2) is 7.79. The van der Waals surface area contributed by atoms with E-state index in [0.717, 1.165) is 24.3 Å². The van der Waals surface area contributed by atoms with E-state index in [9.17, 15) is 4.79 Å². The summed E-state index contributed by atoms with van der Waals surface area (Å²) in [5.41, 5.74) is 3.80. The largest absolute Gasteiger partial charge is 0.379 e. The minimum absolute atomic E-state index is 0.0690. The van der Waals surface area contributed by atoms with Crippen molar-refractivity contribution in [1.29, 1.82) is 0 Å². The second-order valence-electron chi connectivity index (χ2n) is 5.51. The molecule has 0 bridgehead atoms. The van der Waals surface area contributed by atoms with Crippen molar-refractivity contribution >= 4 is 22.9 Å². The van der Waals surface area contributed by atoms with Crippen molar-refractivity contribution < 1.29 is 4.79 Å². The van der Waals surface area contributed by atoms with Crippen LogP contribution in [-0.2, 0) is 13.0 Å². The van der Waals surface area contributed by atoms with Crippen LogP contribution in [0.15, 0.2) is 48.2 Å². The summed E-state index contributed by atoms with van der Waals surface area (Å²) in [5, 5.41) is 8.42. The molecule has 3 aromatic rings. The van der Waals surface area contributed by atoms with Crippen LogP contribution >= 0.6 is 11.3 Å². The summed E-state index contributed by atoms with van der Waals surface area (Å²) in [6.45, 7) is 3.39. The van der Waals surface area contributed by atoms with Gasteiger partial charge in [0.15, 0.2) is 0 Å². The molecule has 0 aliphatic carbocycles. The minimum Gasteiger partial charge on any atom is -0.379 e. The van der Waals surface area contributed by atoms with Gasteiger partial charge in [0.1, 0.15) is 0 Å². The number of nitrogens with zero attached hydrogens (tertiary/aromatic N) is 1. The molecule has 0 fully saturated rings. The van der Waals surface area contributed by atoms with Crippen molar-refractivity contribution in [2.75, 3.05) is 11.9 Å². The number of nitrogens with one attached hydrogen (secondary N) is 3. The summed E-state index contributed by atoms with van der Waals surface area (Å²) in [6.07, 6.45) is 4.14. The Bertz CT molecular complexity index is 795. The molecule has 2 heterocycles. The molecule has 2 aromatic heterocycles. The van der Waals surface area contributed by atoms with Gasteiger partial charge in [0, 0.05) is 42.0 Å². The summed E-state index contributed by atoms with van der Waals surface area (Å²) in [4.78, 5) is 20.7. The highest BCUT2D eigenvalue weighted by atomic mass is 32.1. The Hall–Kier alpha value is -2.60. The molecule has 3 rings (SSSR count). The summed E-state index contributed by atoms with van der Waals surface area (Å²) >= 11 is 1.72.